The topological polar surface area (TPSA) is 58.6 Å². The monoisotopic (exact) mass is 358 g/mol. The zero-order valence-electron chi connectivity index (χ0n) is 16.0. The molecular formula is C21H30N2O3. The van der Waals surface area contributed by atoms with Crippen molar-refractivity contribution in [1.29, 1.82) is 0 Å². The van der Waals surface area contributed by atoms with Gasteiger partial charge in [0.2, 0.25) is 11.8 Å². The van der Waals surface area contributed by atoms with E-state index in [1.165, 1.54) is 0 Å². The molecule has 0 bridgehead atoms. The summed E-state index contributed by atoms with van der Waals surface area (Å²) in [5, 5.41) is 3.07. The van der Waals surface area contributed by atoms with Gasteiger partial charge in [-0.25, -0.2) is 0 Å². The molecule has 1 saturated heterocycles. The van der Waals surface area contributed by atoms with Gasteiger partial charge in [-0.2, -0.15) is 0 Å². The molecular weight excluding hydrogens is 328 g/mol. The first-order valence-corrected chi connectivity index (χ1v) is 9.78. The minimum atomic E-state index is -0.586. The van der Waals surface area contributed by atoms with Crippen LogP contribution in [0, 0.1) is 5.92 Å². The molecule has 26 heavy (non-hydrogen) atoms. The Morgan fingerprint density at radius 2 is 1.92 bits per heavy atom. The zero-order valence-corrected chi connectivity index (χ0v) is 16.0. The van der Waals surface area contributed by atoms with Gasteiger partial charge in [0.1, 0.15) is 11.8 Å². The Morgan fingerprint density at radius 1 is 1.27 bits per heavy atom. The Hall–Kier alpha value is -1.88. The maximum Gasteiger partial charge on any atom is 0.245 e. The van der Waals surface area contributed by atoms with Crippen LogP contribution in [0.25, 0.3) is 0 Å². The Labute approximate surface area is 156 Å². The molecule has 2 aliphatic rings. The highest BCUT2D eigenvalue weighted by Crippen LogP contribution is 2.42. The van der Waals surface area contributed by atoms with E-state index in [0.717, 1.165) is 31.2 Å². The van der Waals surface area contributed by atoms with E-state index in [1.807, 2.05) is 44.2 Å². The van der Waals surface area contributed by atoms with Crippen molar-refractivity contribution in [1.82, 2.24) is 10.2 Å². The Balaban J connectivity index is 1.75. The van der Waals surface area contributed by atoms with Gasteiger partial charge in [-0.1, -0.05) is 44.2 Å². The van der Waals surface area contributed by atoms with Crippen LogP contribution in [0.15, 0.2) is 30.3 Å². The number of amides is 2. The normalized spacial score (nSPS) is 29.6. The van der Waals surface area contributed by atoms with Gasteiger partial charge in [0.25, 0.3) is 0 Å². The number of benzene rings is 1. The van der Waals surface area contributed by atoms with E-state index in [4.69, 9.17) is 4.74 Å². The van der Waals surface area contributed by atoms with Gasteiger partial charge in [0.05, 0.1) is 12.6 Å². The van der Waals surface area contributed by atoms with Gasteiger partial charge >= 0.3 is 0 Å². The third-order valence-electron chi connectivity index (χ3n) is 5.85. The third-order valence-corrected chi connectivity index (χ3v) is 5.85. The van der Waals surface area contributed by atoms with Gasteiger partial charge in [0.15, 0.2) is 0 Å². The molecule has 5 heteroatoms. The van der Waals surface area contributed by atoms with Crippen molar-refractivity contribution >= 4 is 11.8 Å². The summed E-state index contributed by atoms with van der Waals surface area (Å²) < 4.78 is 6.13. The number of hydrogen-bond donors (Lipinski definition) is 1. The van der Waals surface area contributed by atoms with Crippen LogP contribution >= 0.6 is 0 Å². The fraction of sp³-hybridized carbons (Fsp3) is 0.619. The lowest BCUT2D eigenvalue weighted by atomic mass is 9.83. The highest BCUT2D eigenvalue weighted by Gasteiger charge is 2.53. The molecule has 5 nitrogen and oxygen atoms in total. The Bertz CT molecular complexity index is 638. The number of carbonyl (C=O) groups excluding carboxylic acids is 2. The molecule has 1 aromatic carbocycles. The molecule has 2 atom stereocenters. The third kappa shape index (κ3) is 3.63. The number of nitrogens with one attached hydrogen (secondary N) is 1. The number of ether oxygens (including phenoxy) is 1. The summed E-state index contributed by atoms with van der Waals surface area (Å²) in [6, 6.07) is 9.22. The van der Waals surface area contributed by atoms with Crippen LogP contribution in [0.4, 0.5) is 0 Å². The second-order valence-electron chi connectivity index (χ2n) is 7.71. The summed E-state index contributed by atoms with van der Waals surface area (Å²) in [5.74, 6) is 0.525. The lowest BCUT2D eigenvalue weighted by Gasteiger charge is -2.43. The van der Waals surface area contributed by atoms with Crippen LogP contribution < -0.4 is 5.32 Å². The van der Waals surface area contributed by atoms with Gasteiger partial charge in [-0.05, 0) is 44.1 Å². The smallest absolute Gasteiger partial charge is 0.245 e. The summed E-state index contributed by atoms with van der Waals surface area (Å²) in [6.45, 7) is 6.33. The first-order valence-electron chi connectivity index (χ1n) is 9.78. The first kappa shape index (κ1) is 18.9. The Morgan fingerprint density at radius 3 is 2.54 bits per heavy atom. The van der Waals surface area contributed by atoms with E-state index in [0.29, 0.717) is 12.3 Å². The molecule has 0 radical (unpaired) electrons. The van der Waals surface area contributed by atoms with Gasteiger partial charge in [-0.15, -0.1) is 0 Å². The molecule has 0 aromatic heterocycles. The van der Waals surface area contributed by atoms with Crippen LogP contribution in [0.3, 0.4) is 0 Å². The minimum Gasteiger partial charge on any atom is -0.353 e. The second kappa shape index (κ2) is 7.78. The van der Waals surface area contributed by atoms with Crippen molar-refractivity contribution in [2.24, 2.45) is 5.92 Å². The maximum absolute atomic E-state index is 13.0. The molecule has 1 aliphatic heterocycles. The first-order chi connectivity index (χ1) is 12.5. The highest BCUT2D eigenvalue weighted by molar-refractivity contribution is 5.89. The zero-order chi connectivity index (χ0) is 18.7. The molecule has 1 spiro atoms. The van der Waals surface area contributed by atoms with Crippen molar-refractivity contribution in [2.75, 3.05) is 6.61 Å². The quantitative estimate of drug-likeness (QED) is 0.897. The number of nitrogens with zero attached hydrogens (tertiary/aromatic N) is 1. The lowest BCUT2D eigenvalue weighted by molar-refractivity contribution is -0.161. The molecule has 2 unspecified atom stereocenters. The van der Waals surface area contributed by atoms with Crippen LogP contribution in [0.1, 0.15) is 64.5 Å². The standard InChI is InChI=1S/C21H30N2O3/c1-4-19(24)23-18(14-26-21(23)12-10-15(2)11-13-21)20(25)22-16(3)17-8-6-5-7-9-17/h5-9,15-16,18H,4,10-14H2,1-3H3,(H,22,25). The summed E-state index contributed by atoms with van der Waals surface area (Å²) in [6.07, 6.45) is 4.08. The summed E-state index contributed by atoms with van der Waals surface area (Å²) >= 11 is 0. The highest BCUT2D eigenvalue weighted by atomic mass is 16.5. The fourth-order valence-corrected chi connectivity index (χ4v) is 4.16. The maximum atomic E-state index is 13.0. The largest absolute Gasteiger partial charge is 0.353 e. The van der Waals surface area contributed by atoms with E-state index >= 15 is 0 Å². The second-order valence-corrected chi connectivity index (χ2v) is 7.71. The van der Waals surface area contributed by atoms with Crippen molar-refractivity contribution < 1.29 is 14.3 Å². The summed E-state index contributed by atoms with van der Waals surface area (Å²) in [5.41, 5.74) is 0.465. The van der Waals surface area contributed by atoms with Crippen LogP contribution in [0.5, 0.6) is 0 Å². The van der Waals surface area contributed by atoms with E-state index in [1.54, 1.807) is 4.90 Å². The molecule has 1 N–H and O–H groups in total. The van der Waals surface area contributed by atoms with Gasteiger partial charge in [0, 0.05) is 6.42 Å². The van der Waals surface area contributed by atoms with E-state index < -0.39 is 11.8 Å². The minimum absolute atomic E-state index is 0.00423. The van der Waals surface area contributed by atoms with Crippen LogP contribution in [-0.2, 0) is 14.3 Å². The Kier molecular flexibility index (Phi) is 5.66. The van der Waals surface area contributed by atoms with E-state index in [2.05, 4.69) is 12.2 Å². The number of carbonyl (C=O) groups is 2. The van der Waals surface area contributed by atoms with E-state index in [9.17, 15) is 9.59 Å². The molecule has 1 heterocycles. The molecule has 2 fully saturated rings. The molecule has 3 rings (SSSR count). The number of rotatable bonds is 4. The summed E-state index contributed by atoms with van der Waals surface area (Å²) in [4.78, 5) is 27.4. The molecule has 142 valence electrons. The predicted octanol–water partition coefficient (Wildman–Crippen LogP) is 3.41. The van der Waals surface area contributed by atoms with Crippen molar-refractivity contribution in [3.05, 3.63) is 35.9 Å². The SMILES string of the molecule is CCC(=O)N1C(C(=O)NC(C)c2ccccc2)COC12CCC(C)CC2. The molecule has 2 amide bonds. The van der Waals surface area contributed by atoms with Crippen LogP contribution in [0.2, 0.25) is 0 Å². The average molecular weight is 358 g/mol. The molecule has 1 saturated carbocycles. The summed E-state index contributed by atoms with van der Waals surface area (Å²) in [7, 11) is 0. The lowest BCUT2D eigenvalue weighted by Crippen LogP contribution is -2.56. The van der Waals surface area contributed by atoms with Crippen molar-refractivity contribution in [3.63, 3.8) is 0 Å². The van der Waals surface area contributed by atoms with Crippen molar-refractivity contribution in [2.45, 2.75) is 70.7 Å². The average Bonchev–Trinajstić information content (AvgIpc) is 3.03. The molecule has 1 aromatic rings. The molecule has 1 aliphatic carbocycles. The number of hydrogen-bond acceptors (Lipinski definition) is 3. The van der Waals surface area contributed by atoms with Gasteiger partial charge in [-0.3, -0.25) is 14.5 Å². The van der Waals surface area contributed by atoms with E-state index in [-0.39, 0.29) is 24.5 Å². The van der Waals surface area contributed by atoms with Gasteiger partial charge < -0.3 is 10.1 Å². The predicted molar refractivity (Wildman–Crippen MR) is 100 cm³/mol. The fourth-order valence-electron chi connectivity index (χ4n) is 4.16. The van der Waals surface area contributed by atoms with Crippen molar-refractivity contribution in [3.8, 4) is 0 Å². The van der Waals surface area contributed by atoms with Crippen LogP contribution in [-0.4, -0.2) is 35.1 Å².